The number of quaternary nitrogens is 1. The summed E-state index contributed by atoms with van der Waals surface area (Å²) in [6, 6.07) is 12.3. The highest BCUT2D eigenvalue weighted by Gasteiger charge is 2.17. The minimum atomic E-state index is -3.54. The Morgan fingerprint density at radius 3 is 2.10 bits per heavy atom. The summed E-state index contributed by atoms with van der Waals surface area (Å²) in [5.74, 6) is 0. The molecule has 0 radical (unpaired) electrons. The summed E-state index contributed by atoms with van der Waals surface area (Å²) in [6.45, 7) is 1.92. The van der Waals surface area contributed by atoms with Crippen LogP contribution in [0.25, 0.3) is 0 Å². The van der Waals surface area contributed by atoms with Crippen LogP contribution in [0.15, 0.2) is 58.3 Å². The van der Waals surface area contributed by atoms with Crippen molar-refractivity contribution in [3.8, 4) is 0 Å². The molecule has 0 saturated carbocycles. The van der Waals surface area contributed by atoms with Crippen LogP contribution in [-0.2, 0) is 8.87 Å². The molecule has 106 valence electrons. The van der Waals surface area contributed by atoms with E-state index in [0.717, 1.165) is 16.4 Å². The van der Waals surface area contributed by atoms with Gasteiger partial charge in [-0.15, -0.1) is 0 Å². The van der Waals surface area contributed by atoms with Crippen molar-refractivity contribution in [1.82, 2.24) is 0 Å². The lowest BCUT2D eigenvalue weighted by Gasteiger charge is -2.11. The predicted molar refractivity (Wildman–Crippen MR) is 76.4 cm³/mol. The lowest BCUT2D eigenvalue weighted by Crippen LogP contribution is -2.99. The molecule has 0 aliphatic rings. The minimum Gasteiger partial charge on any atom is -0.595 e. The molecule has 0 heterocycles. The molecule has 2 N–H and O–H groups in total. The lowest BCUT2D eigenvalue weighted by molar-refractivity contribution is -0.991. The van der Waals surface area contributed by atoms with Crippen LogP contribution in [0.1, 0.15) is 5.56 Å². The Balaban J connectivity index is 2.23. The van der Waals surface area contributed by atoms with E-state index in [1.54, 1.807) is 12.1 Å². The molecule has 2 aromatic rings. The summed E-state index contributed by atoms with van der Waals surface area (Å²) in [5, 5.41) is 18.4. The first-order valence-electron chi connectivity index (χ1n) is 5.73. The SMILES string of the molecule is Cc1ccc(SS(=O)(=O)c2ccc([NH+]([O-])O)cc2)cc1. The van der Waals surface area contributed by atoms with Crippen LogP contribution in [0.4, 0.5) is 5.69 Å². The van der Waals surface area contributed by atoms with E-state index < -0.39 is 14.1 Å². The van der Waals surface area contributed by atoms with E-state index in [-0.39, 0.29) is 10.6 Å². The number of aryl methyl sites for hydroxylation is 1. The van der Waals surface area contributed by atoms with Gasteiger partial charge >= 0.3 is 0 Å². The zero-order valence-corrected chi connectivity index (χ0v) is 12.2. The van der Waals surface area contributed by atoms with Gasteiger partial charge < -0.3 is 5.21 Å². The molecule has 0 fully saturated rings. The van der Waals surface area contributed by atoms with Gasteiger partial charge in [-0.25, -0.2) is 13.6 Å². The van der Waals surface area contributed by atoms with Gasteiger partial charge in [0.25, 0.3) is 0 Å². The molecule has 0 aliphatic heterocycles. The third-order valence-electron chi connectivity index (χ3n) is 2.62. The summed E-state index contributed by atoms with van der Waals surface area (Å²) >= 11 is 0. The summed E-state index contributed by atoms with van der Waals surface area (Å²) in [7, 11) is -2.80. The molecule has 0 saturated heterocycles. The second-order valence-electron chi connectivity index (χ2n) is 4.18. The molecule has 1 atom stereocenters. The number of benzene rings is 2. The molecular formula is C13H13NO4S2. The monoisotopic (exact) mass is 311 g/mol. The Kier molecular flexibility index (Phi) is 4.46. The molecule has 2 rings (SSSR count). The molecule has 0 bridgehead atoms. The highest BCUT2D eigenvalue weighted by Crippen LogP contribution is 2.31. The maximum absolute atomic E-state index is 12.2. The van der Waals surface area contributed by atoms with E-state index in [1.165, 1.54) is 24.3 Å². The van der Waals surface area contributed by atoms with Crippen molar-refractivity contribution in [2.75, 3.05) is 0 Å². The molecule has 1 unspecified atom stereocenters. The first-order chi connectivity index (χ1) is 9.38. The zero-order chi connectivity index (χ0) is 14.8. The highest BCUT2D eigenvalue weighted by molar-refractivity contribution is 8.72. The second kappa shape index (κ2) is 5.94. The number of hydrogen-bond donors (Lipinski definition) is 2. The normalized spacial score (nSPS) is 13.2. The third-order valence-corrected chi connectivity index (χ3v) is 5.96. The van der Waals surface area contributed by atoms with Crippen LogP contribution in [0.5, 0.6) is 0 Å². The standard InChI is InChI=1S/C13H13NO4S2/c1-10-2-6-12(7-3-10)19-20(17,18)13-8-4-11(5-9-13)14(15)16/h2-9,14-15H,1H3. The largest absolute Gasteiger partial charge is 0.595 e. The molecular weight excluding hydrogens is 298 g/mol. The average Bonchev–Trinajstić information content (AvgIpc) is 2.41. The van der Waals surface area contributed by atoms with E-state index in [2.05, 4.69) is 0 Å². The smallest absolute Gasteiger partial charge is 0.234 e. The van der Waals surface area contributed by atoms with E-state index in [1.807, 2.05) is 19.1 Å². The van der Waals surface area contributed by atoms with Crippen LogP contribution in [0.3, 0.4) is 0 Å². The number of rotatable bonds is 4. The fourth-order valence-electron chi connectivity index (χ4n) is 1.53. The molecule has 0 spiro atoms. The van der Waals surface area contributed by atoms with E-state index in [0.29, 0.717) is 4.90 Å². The van der Waals surface area contributed by atoms with Crippen molar-refractivity contribution < 1.29 is 18.9 Å². The van der Waals surface area contributed by atoms with Gasteiger partial charge in [-0.1, -0.05) is 17.7 Å². The van der Waals surface area contributed by atoms with Crippen LogP contribution in [-0.4, -0.2) is 13.6 Å². The van der Waals surface area contributed by atoms with Crippen molar-refractivity contribution in [2.45, 2.75) is 16.7 Å². The molecule has 0 amide bonds. The van der Waals surface area contributed by atoms with Crippen LogP contribution >= 0.6 is 10.8 Å². The Hall–Kier alpha value is -1.38. The third kappa shape index (κ3) is 3.59. The summed E-state index contributed by atoms with van der Waals surface area (Å²) < 4.78 is 24.4. The van der Waals surface area contributed by atoms with Gasteiger partial charge in [0.05, 0.1) is 4.90 Å². The summed E-state index contributed by atoms with van der Waals surface area (Å²) in [5.41, 5.74) is 1.11. The Bertz CT molecular complexity index is 679. The van der Waals surface area contributed by atoms with Gasteiger partial charge in [-0.05, 0) is 31.2 Å². The summed E-state index contributed by atoms with van der Waals surface area (Å²) in [6.07, 6.45) is 0. The van der Waals surface area contributed by atoms with Gasteiger partial charge in [0, 0.05) is 27.8 Å². The Morgan fingerprint density at radius 2 is 1.60 bits per heavy atom. The molecule has 0 aromatic heterocycles. The van der Waals surface area contributed by atoms with Crippen LogP contribution in [0.2, 0.25) is 0 Å². The van der Waals surface area contributed by atoms with Crippen LogP contribution in [0, 0.1) is 12.1 Å². The van der Waals surface area contributed by atoms with E-state index in [4.69, 9.17) is 5.21 Å². The average molecular weight is 311 g/mol. The van der Waals surface area contributed by atoms with Gasteiger partial charge in [-0.2, -0.15) is 5.23 Å². The Morgan fingerprint density at radius 1 is 1.05 bits per heavy atom. The maximum Gasteiger partial charge on any atom is 0.234 e. The summed E-state index contributed by atoms with van der Waals surface area (Å²) in [4.78, 5) is 0.714. The zero-order valence-electron chi connectivity index (χ0n) is 10.6. The van der Waals surface area contributed by atoms with Crippen molar-refractivity contribution in [2.24, 2.45) is 0 Å². The predicted octanol–water partition coefficient (Wildman–Crippen LogP) is 1.88. The van der Waals surface area contributed by atoms with Crippen molar-refractivity contribution >= 4 is 25.4 Å². The van der Waals surface area contributed by atoms with Crippen molar-refractivity contribution in [1.29, 1.82) is 0 Å². The first-order valence-corrected chi connectivity index (χ1v) is 8.55. The van der Waals surface area contributed by atoms with Crippen LogP contribution < -0.4 is 5.23 Å². The molecule has 2 aromatic carbocycles. The fourth-order valence-corrected chi connectivity index (χ4v) is 4.31. The first kappa shape index (κ1) is 15.0. The van der Waals surface area contributed by atoms with Crippen molar-refractivity contribution in [3.05, 3.63) is 59.3 Å². The minimum absolute atomic E-state index is 0.0595. The topological polar surface area (TPSA) is 81.9 Å². The van der Waals surface area contributed by atoms with Gasteiger partial charge in [0.2, 0.25) is 8.87 Å². The Labute approximate surface area is 120 Å². The van der Waals surface area contributed by atoms with E-state index >= 15 is 0 Å². The highest BCUT2D eigenvalue weighted by atomic mass is 33.1. The maximum atomic E-state index is 12.2. The van der Waals surface area contributed by atoms with Gasteiger partial charge in [0.15, 0.2) is 5.69 Å². The van der Waals surface area contributed by atoms with Crippen molar-refractivity contribution in [3.63, 3.8) is 0 Å². The second-order valence-corrected chi connectivity index (χ2v) is 8.01. The molecule has 5 nitrogen and oxygen atoms in total. The number of hydrogen-bond acceptors (Lipinski definition) is 5. The van der Waals surface area contributed by atoms with Gasteiger partial charge in [0.1, 0.15) is 0 Å². The van der Waals surface area contributed by atoms with E-state index in [9.17, 15) is 13.6 Å². The quantitative estimate of drug-likeness (QED) is 0.665. The molecule has 0 aliphatic carbocycles. The molecule has 20 heavy (non-hydrogen) atoms. The van der Waals surface area contributed by atoms with Gasteiger partial charge in [-0.3, -0.25) is 0 Å². The fraction of sp³-hybridized carbons (Fsp3) is 0.0769. The molecule has 7 heteroatoms. The lowest BCUT2D eigenvalue weighted by atomic mass is 10.2. The number of nitrogens with one attached hydrogen (secondary N) is 1.